The van der Waals surface area contributed by atoms with E-state index in [-0.39, 0.29) is 11.9 Å². The van der Waals surface area contributed by atoms with Crippen LogP contribution < -0.4 is 11.3 Å². The Morgan fingerprint density at radius 2 is 2.12 bits per heavy atom. The minimum absolute atomic E-state index is 0.0909. The van der Waals surface area contributed by atoms with Crippen LogP contribution in [0.25, 0.3) is 0 Å². The number of hydrazine groups is 1. The minimum atomic E-state index is -0.553. The summed E-state index contributed by atoms with van der Waals surface area (Å²) in [6, 6.07) is 0.0909. The SMILES string of the molecule is CC(CC(=O)NN)N(C)CC1(O)CCCC1. The molecule has 1 aliphatic carbocycles. The van der Waals surface area contributed by atoms with Crippen molar-refractivity contribution in [2.75, 3.05) is 13.6 Å². The van der Waals surface area contributed by atoms with E-state index in [0.29, 0.717) is 13.0 Å². The van der Waals surface area contributed by atoms with Crippen LogP contribution in [0.15, 0.2) is 0 Å². The van der Waals surface area contributed by atoms with E-state index >= 15 is 0 Å². The number of nitrogens with one attached hydrogen (secondary N) is 1. The Labute approximate surface area is 97.0 Å². The monoisotopic (exact) mass is 229 g/mol. The van der Waals surface area contributed by atoms with E-state index in [1.165, 1.54) is 0 Å². The number of rotatable bonds is 5. The van der Waals surface area contributed by atoms with Crippen molar-refractivity contribution in [3.05, 3.63) is 0 Å². The molecular formula is C11H23N3O2. The van der Waals surface area contributed by atoms with Gasteiger partial charge in [-0.3, -0.25) is 10.2 Å². The van der Waals surface area contributed by atoms with Gasteiger partial charge in [0.25, 0.3) is 0 Å². The number of hydrogen-bond donors (Lipinski definition) is 3. The Morgan fingerprint density at radius 1 is 1.56 bits per heavy atom. The first-order valence-electron chi connectivity index (χ1n) is 5.89. The van der Waals surface area contributed by atoms with Crippen molar-refractivity contribution < 1.29 is 9.90 Å². The lowest BCUT2D eigenvalue weighted by molar-refractivity contribution is -0.122. The number of likely N-dealkylation sites (N-methyl/N-ethyl adjacent to an activating group) is 1. The maximum atomic E-state index is 11.1. The van der Waals surface area contributed by atoms with Crippen LogP contribution in [0.4, 0.5) is 0 Å². The largest absolute Gasteiger partial charge is 0.389 e. The van der Waals surface area contributed by atoms with Gasteiger partial charge in [-0.25, -0.2) is 5.84 Å². The third kappa shape index (κ3) is 3.73. The zero-order valence-electron chi connectivity index (χ0n) is 10.2. The molecule has 0 spiro atoms. The molecule has 1 saturated carbocycles. The highest BCUT2D eigenvalue weighted by Gasteiger charge is 2.33. The summed E-state index contributed by atoms with van der Waals surface area (Å²) in [4.78, 5) is 13.1. The summed E-state index contributed by atoms with van der Waals surface area (Å²) in [7, 11) is 1.94. The fraction of sp³-hybridized carbons (Fsp3) is 0.909. The molecule has 16 heavy (non-hydrogen) atoms. The van der Waals surface area contributed by atoms with Gasteiger partial charge in [0.2, 0.25) is 5.91 Å². The number of nitrogens with two attached hydrogens (primary N) is 1. The number of nitrogens with zero attached hydrogens (tertiary/aromatic N) is 1. The van der Waals surface area contributed by atoms with Crippen LogP contribution in [0.3, 0.4) is 0 Å². The number of aliphatic hydroxyl groups is 1. The predicted octanol–water partition coefficient (Wildman–Crippen LogP) is -0.00820. The first-order chi connectivity index (χ1) is 7.47. The average molecular weight is 229 g/mol. The molecule has 4 N–H and O–H groups in total. The summed E-state index contributed by atoms with van der Waals surface area (Å²) in [5, 5.41) is 10.2. The predicted molar refractivity (Wildman–Crippen MR) is 62.5 cm³/mol. The van der Waals surface area contributed by atoms with Gasteiger partial charge in [-0.15, -0.1) is 0 Å². The van der Waals surface area contributed by atoms with E-state index in [9.17, 15) is 9.90 Å². The van der Waals surface area contributed by atoms with Crippen LogP contribution in [-0.4, -0.2) is 41.1 Å². The van der Waals surface area contributed by atoms with E-state index < -0.39 is 5.60 Å². The first kappa shape index (κ1) is 13.4. The molecule has 0 aliphatic heterocycles. The van der Waals surface area contributed by atoms with Crippen molar-refractivity contribution >= 4 is 5.91 Å². The highest BCUT2D eigenvalue weighted by molar-refractivity contribution is 5.75. The summed E-state index contributed by atoms with van der Waals surface area (Å²) < 4.78 is 0. The second-order valence-electron chi connectivity index (χ2n) is 4.97. The molecule has 0 bridgehead atoms. The molecule has 94 valence electrons. The van der Waals surface area contributed by atoms with Crippen LogP contribution in [0.5, 0.6) is 0 Å². The summed E-state index contributed by atoms with van der Waals surface area (Å²) in [5.41, 5.74) is 1.57. The first-order valence-corrected chi connectivity index (χ1v) is 5.89. The molecule has 1 amide bonds. The molecule has 1 fully saturated rings. The Kier molecular flexibility index (Phi) is 4.70. The zero-order chi connectivity index (χ0) is 12.2. The van der Waals surface area contributed by atoms with Crippen molar-refractivity contribution in [3.63, 3.8) is 0 Å². The number of carbonyl (C=O) groups excluding carboxylic acids is 1. The molecule has 0 aromatic carbocycles. The Morgan fingerprint density at radius 3 is 2.62 bits per heavy atom. The Balaban J connectivity index is 2.38. The van der Waals surface area contributed by atoms with E-state index in [4.69, 9.17) is 5.84 Å². The second-order valence-corrected chi connectivity index (χ2v) is 4.97. The number of amides is 1. The molecule has 0 heterocycles. The molecule has 5 nitrogen and oxygen atoms in total. The van der Waals surface area contributed by atoms with Crippen LogP contribution in [0.2, 0.25) is 0 Å². The van der Waals surface area contributed by atoms with Gasteiger partial charge in [0, 0.05) is 19.0 Å². The molecule has 1 aliphatic rings. The maximum absolute atomic E-state index is 11.1. The van der Waals surface area contributed by atoms with Crippen molar-refractivity contribution in [3.8, 4) is 0 Å². The van der Waals surface area contributed by atoms with Crippen molar-refractivity contribution in [2.45, 2.75) is 50.7 Å². The summed E-state index contributed by atoms with van der Waals surface area (Å²) >= 11 is 0. The van der Waals surface area contributed by atoms with Crippen molar-refractivity contribution in [1.29, 1.82) is 0 Å². The van der Waals surface area contributed by atoms with Crippen LogP contribution in [0.1, 0.15) is 39.0 Å². The molecule has 0 radical (unpaired) electrons. The lowest BCUT2D eigenvalue weighted by Gasteiger charge is -2.32. The summed E-state index contributed by atoms with van der Waals surface area (Å²) in [6.45, 7) is 2.60. The minimum Gasteiger partial charge on any atom is -0.389 e. The van der Waals surface area contributed by atoms with Gasteiger partial charge >= 0.3 is 0 Å². The van der Waals surface area contributed by atoms with Gasteiger partial charge < -0.3 is 10.0 Å². The average Bonchev–Trinajstić information content (AvgIpc) is 2.64. The van der Waals surface area contributed by atoms with Gasteiger partial charge in [0.05, 0.1) is 5.60 Å². The zero-order valence-corrected chi connectivity index (χ0v) is 10.2. The fourth-order valence-electron chi connectivity index (χ4n) is 2.29. The standard InChI is InChI=1S/C11H23N3O2/c1-9(7-10(15)13-12)14(2)8-11(16)5-3-4-6-11/h9,16H,3-8,12H2,1-2H3,(H,13,15). The Bertz CT molecular complexity index is 239. The highest BCUT2D eigenvalue weighted by atomic mass is 16.3. The van der Waals surface area contributed by atoms with Crippen LogP contribution in [-0.2, 0) is 4.79 Å². The maximum Gasteiger partial charge on any atom is 0.235 e. The second kappa shape index (κ2) is 5.61. The van der Waals surface area contributed by atoms with E-state index in [2.05, 4.69) is 5.43 Å². The third-order valence-electron chi connectivity index (χ3n) is 3.47. The van der Waals surface area contributed by atoms with E-state index in [1.54, 1.807) is 0 Å². The molecular weight excluding hydrogens is 206 g/mol. The van der Waals surface area contributed by atoms with Crippen molar-refractivity contribution in [2.24, 2.45) is 5.84 Å². The van der Waals surface area contributed by atoms with E-state index in [1.807, 2.05) is 18.9 Å². The molecule has 1 unspecified atom stereocenters. The quantitative estimate of drug-likeness (QED) is 0.352. The van der Waals surface area contributed by atoms with Crippen LogP contribution in [0, 0.1) is 0 Å². The summed E-state index contributed by atoms with van der Waals surface area (Å²) in [6.07, 6.45) is 4.30. The van der Waals surface area contributed by atoms with Gasteiger partial charge in [0.1, 0.15) is 0 Å². The van der Waals surface area contributed by atoms with E-state index in [0.717, 1.165) is 25.7 Å². The molecule has 0 aromatic heterocycles. The smallest absolute Gasteiger partial charge is 0.235 e. The van der Waals surface area contributed by atoms with Gasteiger partial charge in [-0.2, -0.15) is 0 Å². The number of hydrogen-bond acceptors (Lipinski definition) is 4. The van der Waals surface area contributed by atoms with Crippen LogP contribution >= 0.6 is 0 Å². The fourth-order valence-corrected chi connectivity index (χ4v) is 2.29. The molecule has 0 aromatic rings. The van der Waals surface area contributed by atoms with Crippen molar-refractivity contribution in [1.82, 2.24) is 10.3 Å². The molecule has 5 heteroatoms. The summed E-state index contributed by atoms with van der Waals surface area (Å²) in [5.74, 6) is 4.87. The third-order valence-corrected chi connectivity index (χ3v) is 3.47. The Hall–Kier alpha value is -0.650. The highest BCUT2D eigenvalue weighted by Crippen LogP contribution is 2.30. The van der Waals surface area contributed by atoms with Gasteiger partial charge in [-0.1, -0.05) is 12.8 Å². The molecule has 0 saturated heterocycles. The van der Waals surface area contributed by atoms with Gasteiger partial charge in [-0.05, 0) is 26.8 Å². The lowest BCUT2D eigenvalue weighted by atomic mass is 10.0. The molecule has 1 rings (SSSR count). The normalized spacial score (nSPS) is 21.1. The lowest BCUT2D eigenvalue weighted by Crippen LogP contribution is -2.45. The van der Waals surface area contributed by atoms with Gasteiger partial charge in [0.15, 0.2) is 0 Å². The number of carbonyl (C=O) groups is 1. The topological polar surface area (TPSA) is 78.6 Å². The molecule has 1 atom stereocenters.